The Morgan fingerprint density at radius 1 is 0.974 bits per heavy atom. The Morgan fingerprint density at radius 2 is 1.74 bits per heavy atom. The number of fused-ring (bicyclic) bond motifs is 1. The van der Waals surface area contributed by atoms with Gasteiger partial charge in [0, 0.05) is 40.7 Å². The van der Waals surface area contributed by atoms with Crippen LogP contribution in [-0.2, 0) is 4.79 Å². The van der Waals surface area contributed by atoms with E-state index in [9.17, 15) is 9.18 Å². The number of hydrogen-bond acceptors (Lipinski definition) is 5. The molecule has 3 aromatic carbocycles. The van der Waals surface area contributed by atoms with Gasteiger partial charge in [0.05, 0.1) is 24.9 Å². The highest BCUT2D eigenvalue weighted by Gasteiger charge is 2.35. The first-order chi connectivity index (χ1) is 18.5. The first kappa shape index (κ1) is 25.9. The van der Waals surface area contributed by atoms with Crippen molar-refractivity contribution in [3.8, 4) is 23.0 Å². The zero-order valence-electron chi connectivity index (χ0n) is 20.6. The number of hydrogen-bond donors (Lipinski definition) is 0. The highest BCUT2D eigenvalue weighted by atomic mass is 79.9. The predicted molar refractivity (Wildman–Crippen MR) is 145 cm³/mol. The summed E-state index contributed by atoms with van der Waals surface area (Å²) < 4.78 is 46.1. The van der Waals surface area contributed by atoms with Gasteiger partial charge in [0.1, 0.15) is 11.6 Å². The van der Waals surface area contributed by atoms with E-state index < -0.39 is 11.6 Å². The Labute approximate surface area is 227 Å². The number of nitrogens with zero attached hydrogens (tertiary/aromatic N) is 2. The largest absolute Gasteiger partial charge is 0.493 e. The van der Waals surface area contributed by atoms with E-state index in [1.807, 2.05) is 0 Å². The van der Waals surface area contributed by atoms with Crippen LogP contribution in [0.3, 0.4) is 0 Å². The van der Waals surface area contributed by atoms with E-state index in [1.54, 1.807) is 37.6 Å². The van der Waals surface area contributed by atoms with Gasteiger partial charge in [-0.2, -0.15) is 0 Å². The van der Waals surface area contributed by atoms with Crippen LogP contribution in [-0.4, -0.2) is 29.9 Å². The summed E-state index contributed by atoms with van der Waals surface area (Å²) >= 11 is 3.38. The fraction of sp³-hybridized carbons (Fsp3) is 0.241. The molecule has 0 atom stereocenters. The number of aromatic nitrogens is 1. The lowest BCUT2D eigenvalue weighted by Crippen LogP contribution is -2.27. The molecule has 0 saturated heterocycles. The van der Waals surface area contributed by atoms with Crippen LogP contribution in [0, 0.1) is 17.6 Å². The van der Waals surface area contributed by atoms with Gasteiger partial charge < -0.3 is 14.2 Å². The van der Waals surface area contributed by atoms with E-state index in [0.717, 1.165) is 24.6 Å². The van der Waals surface area contributed by atoms with Crippen LogP contribution in [0.15, 0.2) is 66.9 Å². The minimum absolute atomic E-state index is 0.0178. The van der Waals surface area contributed by atoms with Gasteiger partial charge in [0.15, 0.2) is 23.1 Å². The number of carbonyl (C=O) groups excluding carboxylic acids is 1. The van der Waals surface area contributed by atoms with Crippen molar-refractivity contribution >= 4 is 44.1 Å². The summed E-state index contributed by atoms with van der Waals surface area (Å²) in [6.07, 6.45) is 3.96. The van der Waals surface area contributed by atoms with Crippen molar-refractivity contribution in [1.29, 1.82) is 0 Å². The highest BCUT2D eigenvalue weighted by molar-refractivity contribution is 9.09. The van der Waals surface area contributed by atoms with Crippen molar-refractivity contribution in [2.45, 2.75) is 19.3 Å². The van der Waals surface area contributed by atoms with Crippen molar-refractivity contribution in [1.82, 2.24) is 4.98 Å². The lowest BCUT2D eigenvalue weighted by Gasteiger charge is -2.23. The number of amides is 1. The van der Waals surface area contributed by atoms with E-state index in [2.05, 4.69) is 20.9 Å². The Balaban J connectivity index is 1.45. The number of anilines is 2. The predicted octanol–water partition coefficient (Wildman–Crippen LogP) is 7.55. The van der Waals surface area contributed by atoms with E-state index in [-0.39, 0.29) is 17.6 Å². The van der Waals surface area contributed by atoms with Crippen LogP contribution in [0.5, 0.6) is 23.0 Å². The first-order valence-corrected chi connectivity index (χ1v) is 13.3. The Bertz CT molecular complexity index is 1460. The molecule has 1 fully saturated rings. The van der Waals surface area contributed by atoms with Gasteiger partial charge in [-0.05, 0) is 67.8 Å². The average molecular weight is 583 g/mol. The molecule has 6 nitrogen and oxygen atoms in total. The molecule has 0 radical (unpaired) electrons. The quantitative estimate of drug-likeness (QED) is 0.143. The second kappa shape index (κ2) is 11.3. The molecule has 5 rings (SSSR count). The topological polar surface area (TPSA) is 60.9 Å². The fourth-order valence-electron chi connectivity index (χ4n) is 4.06. The van der Waals surface area contributed by atoms with Gasteiger partial charge in [0.2, 0.25) is 5.91 Å². The third-order valence-electron chi connectivity index (χ3n) is 6.15. The summed E-state index contributed by atoms with van der Waals surface area (Å²) in [4.78, 5) is 18.9. The van der Waals surface area contributed by atoms with E-state index >= 15 is 4.39 Å². The number of pyridine rings is 1. The fourth-order valence-corrected chi connectivity index (χ4v) is 4.29. The molecule has 9 heteroatoms. The minimum atomic E-state index is -0.648. The molecule has 0 spiro atoms. The summed E-state index contributed by atoms with van der Waals surface area (Å²) in [5, 5.41) is 1.44. The summed E-state index contributed by atoms with van der Waals surface area (Å²) in [5.74, 6) is 0.103. The van der Waals surface area contributed by atoms with E-state index in [1.165, 1.54) is 41.3 Å². The molecule has 1 amide bonds. The van der Waals surface area contributed by atoms with Gasteiger partial charge >= 0.3 is 0 Å². The van der Waals surface area contributed by atoms with Gasteiger partial charge in [0.25, 0.3) is 0 Å². The SMILES string of the molecule is COc1cc2c(Oc3ccc(N(C(=O)C4CC4)c4ccc(F)cc4)cc3F)ccnc2cc1OCCCBr. The molecule has 1 saturated carbocycles. The van der Waals surface area contributed by atoms with Crippen LogP contribution in [0.1, 0.15) is 19.3 Å². The summed E-state index contributed by atoms with van der Waals surface area (Å²) in [7, 11) is 1.55. The number of methoxy groups -OCH3 is 1. The molecule has 0 N–H and O–H groups in total. The van der Waals surface area contributed by atoms with Crippen molar-refractivity contribution in [2.24, 2.45) is 5.92 Å². The number of alkyl halides is 1. The second-order valence-corrected chi connectivity index (χ2v) is 9.65. The summed E-state index contributed by atoms with van der Waals surface area (Å²) in [5.41, 5.74) is 1.41. The Kier molecular flexibility index (Phi) is 7.74. The van der Waals surface area contributed by atoms with Crippen LogP contribution >= 0.6 is 15.9 Å². The molecular weight excluding hydrogens is 558 g/mol. The van der Waals surface area contributed by atoms with E-state index in [0.29, 0.717) is 46.1 Å². The van der Waals surface area contributed by atoms with Crippen molar-refractivity contribution in [2.75, 3.05) is 23.9 Å². The zero-order chi connectivity index (χ0) is 26.6. The maximum atomic E-state index is 15.4. The van der Waals surface area contributed by atoms with Gasteiger partial charge in [-0.15, -0.1) is 0 Å². The number of ether oxygens (including phenoxy) is 3. The molecule has 4 aromatic rings. The van der Waals surface area contributed by atoms with Crippen molar-refractivity contribution in [3.05, 3.63) is 78.5 Å². The standard InChI is InChI=1S/C29H25BrF2N2O4/c1-36-27-16-22-24(17-28(27)37-14-2-12-30)33-13-11-25(22)38-26-10-9-21(15-23(26)32)34(29(35)18-3-4-18)20-7-5-19(31)6-8-20/h5-11,13,15-18H,2-4,12,14H2,1H3. The van der Waals surface area contributed by atoms with Crippen molar-refractivity contribution in [3.63, 3.8) is 0 Å². The monoisotopic (exact) mass is 582 g/mol. The van der Waals surface area contributed by atoms with Crippen LogP contribution in [0.25, 0.3) is 10.9 Å². The minimum Gasteiger partial charge on any atom is -0.493 e. The van der Waals surface area contributed by atoms with Gasteiger partial charge in [-0.3, -0.25) is 14.7 Å². The molecule has 0 bridgehead atoms. The molecule has 1 aromatic heterocycles. The smallest absolute Gasteiger partial charge is 0.234 e. The van der Waals surface area contributed by atoms with Crippen LogP contribution in [0.2, 0.25) is 0 Å². The number of halogens is 3. The Hall–Kier alpha value is -3.72. The third-order valence-corrected chi connectivity index (χ3v) is 6.71. The molecule has 38 heavy (non-hydrogen) atoms. The third kappa shape index (κ3) is 5.57. The molecule has 0 unspecified atom stereocenters. The second-order valence-electron chi connectivity index (χ2n) is 8.86. The molecule has 0 aliphatic heterocycles. The molecule has 1 aliphatic rings. The molecular formula is C29H25BrF2N2O4. The lowest BCUT2D eigenvalue weighted by molar-refractivity contribution is -0.119. The normalized spacial score (nSPS) is 12.8. The number of rotatable bonds is 10. The first-order valence-electron chi connectivity index (χ1n) is 12.2. The van der Waals surface area contributed by atoms with Crippen LogP contribution in [0.4, 0.5) is 20.2 Å². The zero-order valence-corrected chi connectivity index (χ0v) is 22.2. The maximum absolute atomic E-state index is 15.4. The van der Waals surface area contributed by atoms with E-state index in [4.69, 9.17) is 14.2 Å². The van der Waals surface area contributed by atoms with Crippen molar-refractivity contribution < 1.29 is 27.8 Å². The molecule has 1 aliphatic carbocycles. The lowest BCUT2D eigenvalue weighted by atomic mass is 10.1. The van der Waals surface area contributed by atoms with Gasteiger partial charge in [-0.25, -0.2) is 8.78 Å². The molecule has 1 heterocycles. The average Bonchev–Trinajstić information content (AvgIpc) is 3.77. The van der Waals surface area contributed by atoms with Crippen LogP contribution < -0.4 is 19.1 Å². The molecule has 196 valence electrons. The van der Waals surface area contributed by atoms with Gasteiger partial charge in [-0.1, -0.05) is 15.9 Å². The summed E-state index contributed by atoms with van der Waals surface area (Å²) in [6, 6.07) is 15.1. The summed E-state index contributed by atoms with van der Waals surface area (Å²) in [6.45, 7) is 0.513. The maximum Gasteiger partial charge on any atom is 0.234 e. The number of carbonyl (C=O) groups is 1. The Morgan fingerprint density at radius 3 is 2.42 bits per heavy atom. The number of benzene rings is 3. The highest BCUT2D eigenvalue weighted by Crippen LogP contribution is 2.40.